The van der Waals surface area contributed by atoms with Gasteiger partial charge < -0.3 is 0 Å². The van der Waals surface area contributed by atoms with Crippen LogP contribution in [0, 0.1) is 0 Å². The first-order valence-corrected chi connectivity index (χ1v) is 7.71. The first-order valence-electron chi connectivity index (χ1n) is 6.15. The third-order valence-electron chi connectivity index (χ3n) is 2.59. The molecule has 1 heterocycles. The predicted octanol–water partition coefficient (Wildman–Crippen LogP) is 0.334. The molecule has 0 atom stereocenters. The molecule has 0 spiro atoms. The molecule has 6 heteroatoms. The Balaban J connectivity index is 0.000000178. The van der Waals surface area contributed by atoms with Crippen LogP contribution in [0.2, 0.25) is 0 Å². The van der Waals surface area contributed by atoms with E-state index in [1.807, 2.05) is 6.07 Å². The second kappa shape index (κ2) is 7.56. The standard InChI is InChI=1S/C8H7N3O2.C6H5.K/c12-7-9-8(13)11(10-7)6-4-2-1-3-5-6;1-2-4-6-5-3-1;/h1-5H,(H2,9,10,12,13);1-5H;. The fraction of sp³-hybridized carbons (Fsp3) is 0. The molecule has 0 amide bonds. The molecule has 2 N–H and O–H groups in total. The minimum atomic E-state index is -0.506. The quantitative estimate of drug-likeness (QED) is 0.635. The second-order valence-electron chi connectivity index (χ2n) is 4.20. The zero-order valence-corrected chi connectivity index (χ0v) is 14.2. The molecule has 0 saturated carbocycles. The van der Waals surface area contributed by atoms with Crippen LogP contribution in [-0.2, 0) is 0 Å². The van der Waals surface area contributed by atoms with E-state index in [1.165, 1.54) is -0.342 Å². The molecule has 0 aliphatic heterocycles. The summed E-state index contributed by atoms with van der Waals surface area (Å²) >= 11 is 0.855. The minimum absolute atomic E-state index is 0.462. The molecular weight excluding hydrogens is 281 g/mol. The van der Waals surface area contributed by atoms with Gasteiger partial charge in [0.05, 0.1) is 5.69 Å². The van der Waals surface area contributed by atoms with Crippen molar-refractivity contribution in [1.82, 2.24) is 14.8 Å². The van der Waals surface area contributed by atoms with Crippen molar-refractivity contribution in [3.05, 3.63) is 81.6 Å². The van der Waals surface area contributed by atoms with Crippen LogP contribution < -0.4 is 11.0 Å². The van der Waals surface area contributed by atoms with Gasteiger partial charge in [0.1, 0.15) is 0 Å². The predicted molar refractivity (Wildman–Crippen MR) is 78.8 cm³/mol. The van der Waals surface area contributed by atoms with Crippen molar-refractivity contribution < 1.29 is 0 Å². The summed E-state index contributed by atoms with van der Waals surface area (Å²) in [4.78, 5) is 24.0. The van der Waals surface area contributed by atoms with Gasteiger partial charge in [-0.25, -0.2) is 19.4 Å². The van der Waals surface area contributed by atoms with Gasteiger partial charge in [0.25, 0.3) is 0 Å². The normalized spacial score (nSPS) is 9.70. The van der Waals surface area contributed by atoms with Crippen molar-refractivity contribution in [2.45, 2.75) is 0 Å². The summed E-state index contributed by atoms with van der Waals surface area (Å²) in [6.45, 7) is 0. The molecule has 0 aliphatic carbocycles. The number of H-pyrrole nitrogens is 2. The van der Waals surface area contributed by atoms with Gasteiger partial charge in [-0.1, -0.05) is 18.2 Å². The summed E-state index contributed by atoms with van der Waals surface area (Å²) < 4.78 is 2.66. The molecule has 0 unspecified atom stereocenters. The Morgan fingerprint density at radius 3 is 1.80 bits per heavy atom. The van der Waals surface area contributed by atoms with E-state index >= 15 is 0 Å². The zero-order chi connectivity index (χ0) is 14.4. The van der Waals surface area contributed by atoms with E-state index < -0.39 is 11.4 Å². The van der Waals surface area contributed by atoms with Gasteiger partial charge in [-0.3, -0.25) is 4.98 Å². The Hall–Kier alpha value is -1.18. The number of nitrogens with one attached hydrogen (secondary N) is 2. The zero-order valence-electron chi connectivity index (χ0n) is 11.0. The molecule has 5 nitrogen and oxygen atoms in total. The van der Waals surface area contributed by atoms with Crippen LogP contribution in [-0.4, -0.2) is 63.7 Å². The molecule has 0 bridgehead atoms. The van der Waals surface area contributed by atoms with Gasteiger partial charge in [-0.15, -0.1) is 0 Å². The number of para-hydroxylation sites is 1. The van der Waals surface area contributed by atoms with Gasteiger partial charge in [-0.05, 0) is 12.1 Å². The number of nitrogens with zero attached hydrogens (tertiary/aromatic N) is 1. The average molecular weight is 293 g/mol. The third-order valence-corrected chi connectivity index (χ3v) is 3.63. The topological polar surface area (TPSA) is 70.7 Å². The van der Waals surface area contributed by atoms with Crippen LogP contribution in [0.25, 0.3) is 5.69 Å². The average Bonchev–Trinajstić information content (AvgIpc) is 2.80. The van der Waals surface area contributed by atoms with Crippen LogP contribution >= 0.6 is 0 Å². The van der Waals surface area contributed by atoms with Gasteiger partial charge in [0, 0.05) is 0 Å². The second-order valence-corrected chi connectivity index (χ2v) is 6.00. The van der Waals surface area contributed by atoms with Crippen LogP contribution in [0.1, 0.15) is 0 Å². The molecule has 0 saturated heterocycles. The van der Waals surface area contributed by atoms with E-state index in [0.717, 1.165) is 53.6 Å². The van der Waals surface area contributed by atoms with E-state index in [9.17, 15) is 9.59 Å². The summed E-state index contributed by atoms with van der Waals surface area (Å²) in [5.41, 5.74) is -0.337. The number of aromatic amines is 2. The van der Waals surface area contributed by atoms with Crippen molar-refractivity contribution in [2.75, 3.05) is 0 Å². The summed E-state index contributed by atoms with van der Waals surface area (Å²) in [6.07, 6.45) is 0. The van der Waals surface area contributed by atoms with E-state index in [1.54, 1.807) is 24.3 Å². The number of aromatic nitrogens is 3. The summed E-state index contributed by atoms with van der Waals surface area (Å²) in [5.74, 6) is 0. The fourth-order valence-corrected chi connectivity index (χ4v) is 2.23. The molecule has 3 rings (SSSR count). The van der Waals surface area contributed by atoms with Crippen LogP contribution in [0.5, 0.6) is 0 Å². The molecule has 3 aromatic rings. The van der Waals surface area contributed by atoms with Crippen LogP contribution in [0.4, 0.5) is 0 Å². The molecule has 2 aromatic carbocycles. The van der Waals surface area contributed by atoms with E-state index in [-0.39, 0.29) is 0 Å². The summed E-state index contributed by atoms with van der Waals surface area (Å²) in [6, 6.07) is 19.4. The van der Waals surface area contributed by atoms with Gasteiger partial charge in [0.2, 0.25) is 0 Å². The van der Waals surface area contributed by atoms with Crippen molar-refractivity contribution in [3.8, 4) is 5.69 Å². The Morgan fingerprint density at radius 1 is 0.850 bits per heavy atom. The molecule has 0 fully saturated rings. The first-order chi connectivity index (χ1) is 9.66. The molecule has 1 aromatic heterocycles. The number of hydrogen-bond acceptors (Lipinski definition) is 2. The molecule has 0 aliphatic rings. The van der Waals surface area contributed by atoms with Crippen molar-refractivity contribution >= 4 is 48.6 Å². The Bertz CT molecular complexity index is 760. The van der Waals surface area contributed by atoms with Crippen LogP contribution in [0.3, 0.4) is 0 Å². The summed E-state index contributed by atoms with van der Waals surface area (Å²) in [5, 5.41) is 2.35. The number of rotatable bonds is 1. The maximum atomic E-state index is 11.1. The van der Waals surface area contributed by atoms with E-state index in [4.69, 9.17) is 0 Å². The summed E-state index contributed by atoms with van der Waals surface area (Å²) in [7, 11) is 0. The monoisotopic (exact) mass is 293 g/mol. The van der Waals surface area contributed by atoms with E-state index in [2.05, 4.69) is 40.4 Å². The Labute approximate surface area is 149 Å². The number of benzene rings is 2. The molecular formula is C14H12KN3O2. The van der Waals surface area contributed by atoms with Gasteiger partial charge >= 0.3 is 90.3 Å². The molecule has 20 heavy (non-hydrogen) atoms. The van der Waals surface area contributed by atoms with E-state index in [0.29, 0.717) is 5.69 Å². The Kier molecular flexibility index (Phi) is 5.75. The van der Waals surface area contributed by atoms with Crippen molar-refractivity contribution in [3.63, 3.8) is 0 Å². The Morgan fingerprint density at radius 2 is 1.40 bits per heavy atom. The third kappa shape index (κ3) is 4.43. The molecule has 0 radical (unpaired) electrons. The van der Waals surface area contributed by atoms with Crippen LogP contribution in [0.15, 0.2) is 70.3 Å². The van der Waals surface area contributed by atoms with Crippen molar-refractivity contribution in [2.24, 2.45) is 0 Å². The van der Waals surface area contributed by atoms with Gasteiger partial charge in [0.15, 0.2) is 0 Å². The maximum absolute atomic E-state index is 11.1. The fourth-order valence-electron chi connectivity index (χ4n) is 1.63. The SMILES string of the molecule is O=c1[nH]c(=O)n(-c2ccccc2)[nH]1.[K][c]1ccccc1. The molecule has 96 valence electrons. The first kappa shape index (κ1) is 15.2. The van der Waals surface area contributed by atoms with Gasteiger partial charge in [-0.2, -0.15) is 0 Å². The van der Waals surface area contributed by atoms with Crippen molar-refractivity contribution in [1.29, 1.82) is 0 Å². The number of hydrogen-bond donors (Lipinski definition) is 2.